The first-order chi connectivity index (χ1) is 14.9. The largest absolute Gasteiger partial charge is 0.392 e. The average Bonchev–Trinajstić information content (AvgIpc) is 3.21. The van der Waals surface area contributed by atoms with Gasteiger partial charge in [-0.2, -0.15) is 10.4 Å². The lowest BCUT2D eigenvalue weighted by Crippen LogP contribution is -2.16. The number of fused-ring (bicyclic) bond motifs is 1. The molecule has 4 N–H and O–H groups in total. The van der Waals surface area contributed by atoms with Crippen LogP contribution in [0.2, 0.25) is 0 Å². The summed E-state index contributed by atoms with van der Waals surface area (Å²) in [5, 5.41) is 26.8. The van der Waals surface area contributed by atoms with Gasteiger partial charge in [-0.3, -0.25) is 0 Å². The molecule has 0 aliphatic rings. The number of aromatic nitrogens is 5. The van der Waals surface area contributed by atoms with E-state index in [-0.39, 0.29) is 24.0 Å². The number of nitriles is 1. The maximum atomic E-state index is 9.64. The molecule has 0 spiro atoms. The van der Waals surface area contributed by atoms with E-state index in [1.165, 1.54) is 6.33 Å². The first kappa shape index (κ1) is 20.3. The van der Waals surface area contributed by atoms with E-state index < -0.39 is 0 Å². The van der Waals surface area contributed by atoms with Gasteiger partial charge in [0.2, 0.25) is 0 Å². The van der Waals surface area contributed by atoms with Crippen molar-refractivity contribution in [3.05, 3.63) is 64.9 Å². The van der Waals surface area contributed by atoms with E-state index in [4.69, 9.17) is 10.7 Å². The summed E-state index contributed by atoms with van der Waals surface area (Å²) < 4.78 is 1.78. The molecule has 0 aliphatic carbocycles. The van der Waals surface area contributed by atoms with Crippen LogP contribution in [-0.2, 0) is 6.61 Å². The second-order valence-electron chi connectivity index (χ2n) is 7.36. The minimum atomic E-state index is -0.356. The highest BCUT2D eigenvalue weighted by molar-refractivity contribution is 5.78. The van der Waals surface area contributed by atoms with Crippen LogP contribution in [0.1, 0.15) is 41.0 Å². The summed E-state index contributed by atoms with van der Waals surface area (Å²) in [6.45, 7) is 5.84. The van der Waals surface area contributed by atoms with Gasteiger partial charge < -0.3 is 16.2 Å². The number of nitrogens with one attached hydrogen (secondary N) is 1. The Kier molecular flexibility index (Phi) is 5.23. The van der Waals surface area contributed by atoms with Gasteiger partial charge in [0.05, 0.1) is 23.9 Å². The fourth-order valence-electron chi connectivity index (χ4n) is 3.62. The fraction of sp³-hybridized carbons (Fsp3) is 0.227. The molecule has 156 valence electrons. The highest BCUT2D eigenvalue weighted by atomic mass is 16.3. The van der Waals surface area contributed by atoms with Gasteiger partial charge >= 0.3 is 0 Å². The first-order valence-electron chi connectivity index (χ1n) is 9.76. The third-order valence-electron chi connectivity index (χ3n) is 5.26. The van der Waals surface area contributed by atoms with Crippen molar-refractivity contribution in [1.82, 2.24) is 24.6 Å². The smallest absolute Gasteiger partial charge is 0.171 e. The van der Waals surface area contributed by atoms with Crippen molar-refractivity contribution in [2.75, 3.05) is 11.1 Å². The quantitative estimate of drug-likeness (QED) is 0.453. The molecule has 4 rings (SSSR count). The minimum absolute atomic E-state index is 0.00223. The first-order valence-corrected chi connectivity index (χ1v) is 9.76. The lowest BCUT2D eigenvalue weighted by molar-refractivity contribution is 0.280. The number of nitrogens with two attached hydrogens (primary N) is 1. The number of aryl methyl sites for hydroxylation is 2. The lowest BCUT2D eigenvalue weighted by Gasteiger charge is -2.17. The summed E-state index contributed by atoms with van der Waals surface area (Å²) in [5.41, 5.74) is 11.5. The third kappa shape index (κ3) is 3.65. The van der Waals surface area contributed by atoms with E-state index in [1.807, 2.05) is 57.3 Å². The molecule has 0 saturated heterocycles. The molecular formula is C22H22N8O. The molecule has 1 aromatic carbocycles. The Morgan fingerprint density at radius 1 is 1.26 bits per heavy atom. The van der Waals surface area contributed by atoms with Crippen molar-refractivity contribution >= 4 is 17.2 Å². The van der Waals surface area contributed by atoms with E-state index in [9.17, 15) is 10.4 Å². The van der Waals surface area contributed by atoms with Crippen molar-refractivity contribution in [2.24, 2.45) is 0 Å². The number of hydrogen-bond donors (Lipinski definition) is 3. The molecule has 4 aromatic rings. The van der Waals surface area contributed by atoms with Crippen LogP contribution in [0.25, 0.3) is 16.8 Å². The van der Waals surface area contributed by atoms with E-state index in [1.54, 1.807) is 4.52 Å². The SMILES string of the molecule is Cc1cc(-c2nc([C@H](C)Nc3ncnc(N)c3C#N)nn3cccc23)cc(C)c1CO. The molecule has 0 radical (unpaired) electrons. The summed E-state index contributed by atoms with van der Waals surface area (Å²) in [6.07, 6.45) is 3.17. The van der Waals surface area contributed by atoms with Crippen LogP contribution >= 0.6 is 0 Å². The number of nitrogen functional groups attached to an aromatic ring is 1. The third-order valence-corrected chi connectivity index (χ3v) is 5.26. The molecule has 9 heteroatoms. The van der Waals surface area contributed by atoms with Gasteiger partial charge in [-0.05, 0) is 61.7 Å². The molecule has 0 unspecified atom stereocenters. The zero-order valence-electron chi connectivity index (χ0n) is 17.5. The van der Waals surface area contributed by atoms with Crippen LogP contribution in [0.4, 0.5) is 11.6 Å². The van der Waals surface area contributed by atoms with Crippen LogP contribution in [0.5, 0.6) is 0 Å². The Labute approximate surface area is 179 Å². The van der Waals surface area contributed by atoms with Crippen molar-refractivity contribution in [1.29, 1.82) is 5.26 Å². The maximum absolute atomic E-state index is 9.64. The zero-order chi connectivity index (χ0) is 22.1. The molecule has 0 saturated carbocycles. The Hall–Kier alpha value is -4.03. The highest BCUT2D eigenvalue weighted by Crippen LogP contribution is 2.29. The number of hydrogen-bond acceptors (Lipinski definition) is 8. The van der Waals surface area contributed by atoms with E-state index in [2.05, 4.69) is 20.4 Å². The van der Waals surface area contributed by atoms with Crippen molar-refractivity contribution in [2.45, 2.75) is 33.4 Å². The molecule has 1 atom stereocenters. The monoisotopic (exact) mass is 414 g/mol. The number of nitrogens with zero attached hydrogens (tertiary/aromatic N) is 6. The fourth-order valence-corrected chi connectivity index (χ4v) is 3.62. The van der Waals surface area contributed by atoms with Crippen LogP contribution in [0.3, 0.4) is 0 Å². The number of benzene rings is 1. The van der Waals surface area contributed by atoms with Gasteiger partial charge in [0.25, 0.3) is 0 Å². The van der Waals surface area contributed by atoms with Crippen molar-refractivity contribution in [3.63, 3.8) is 0 Å². The van der Waals surface area contributed by atoms with Crippen molar-refractivity contribution in [3.8, 4) is 17.3 Å². The maximum Gasteiger partial charge on any atom is 0.171 e. The van der Waals surface area contributed by atoms with Crippen LogP contribution in [0, 0.1) is 25.2 Å². The van der Waals surface area contributed by atoms with Gasteiger partial charge in [0, 0.05) is 11.8 Å². The van der Waals surface area contributed by atoms with E-state index in [0.29, 0.717) is 11.6 Å². The summed E-state index contributed by atoms with van der Waals surface area (Å²) in [4.78, 5) is 12.8. The Bertz CT molecular complexity index is 1300. The average molecular weight is 414 g/mol. The predicted molar refractivity (Wildman–Crippen MR) is 117 cm³/mol. The molecular weight excluding hydrogens is 392 g/mol. The highest BCUT2D eigenvalue weighted by Gasteiger charge is 2.18. The molecule has 0 bridgehead atoms. The van der Waals surface area contributed by atoms with Gasteiger partial charge in [0.15, 0.2) is 5.82 Å². The second kappa shape index (κ2) is 8.01. The topological polar surface area (TPSA) is 138 Å². The Morgan fingerprint density at radius 3 is 2.68 bits per heavy atom. The van der Waals surface area contributed by atoms with E-state index >= 15 is 0 Å². The molecule has 3 aromatic heterocycles. The number of aliphatic hydroxyl groups excluding tert-OH is 1. The zero-order valence-corrected chi connectivity index (χ0v) is 17.5. The van der Waals surface area contributed by atoms with Gasteiger partial charge in [-0.25, -0.2) is 19.5 Å². The lowest BCUT2D eigenvalue weighted by atomic mass is 9.98. The molecule has 3 heterocycles. The van der Waals surface area contributed by atoms with Crippen LogP contribution in [0.15, 0.2) is 36.8 Å². The van der Waals surface area contributed by atoms with Gasteiger partial charge in [0.1, 0.15) is 29.6 Å². The number of anilines is 2. The summed E-state index contributed by atoms with van der Waals surface area (Å²) in [7, 11) is 0. The second-order valence-corrected chi connectivity index (χ2v) is 7.36. The normalized spacial score (nSPS) is 12.0. The van der Waals surface area contributed by atoms with Crippen LogP contribution < -0.4 is 11.1 Å². The summed E-state index contributed by atoms with van der Waals surface area (Å²) in [6, 6.07) is 9.59. The van der Waals surface area contributed by atoms with Crippen LogP contribution in [-0.4, -0.2) is 29.7 Å². The molecule has 0 fully saturated rings. The predicted octanol–water partition coefficient (Wildman–Crippen LogP) is 2.92. The minimum Gasteiger partial charge on any atom is -0.392 e. The Morgan fingerprint density at radius 2 is 2.00 bits per heavy atom. The standard InChI is InChI=1S/C22H22N8O/c1-12-7-15(8-13(2)17(12)10-31)19-18-5-4-6-30(18)29-21(28-19)14(3)27-22-16(9-23)20(24)25-11-26-22/h4-8,11,14,31H,10H2,1-3H3,(H3,24,25,26,27)/t14-/m0/s1. The number of rotatable bonds is 5. The van der Waals surface area contributed by atoms with E-state index in [0.717, 1.165) is 33.5 Å². The molecule has 31 heavy (non-hydrogen) atoms. The molecule has 0 amide bonds. The summed E-state index contributed by atoms with van der Waals surface area (Å²) in [5.74, 6) is 0.977. The Balaban J connectivity index is 1.80. The van der Waals surface area contributed by atoms with Crippen molar-refractivity contribution < 1.29 is 5.11 Å². The van der Waals surface area contributed by atoms with Gasteiger partial charge in [-0.15, -0.1) is 0 Å². The molecule has 9 nitrogen and oxygen atoms in total. The molecule has 0 aliphatic heterocycles. The van der Waals surface area contributed by atoms with Gasteiger partial charge in [-0.1, -0.05) is 0 Å². The summed E-state index contributed by atoms with van der Waals surface area (Å²) >= 11 is 0. The number of aliphatic hydroxyl groups is 1.